The first kappa shape index (κ1) is 13.1. The van der Waals surface area contributed by atoms with Crippen LogP contribution in [0.3, 0.4) is 0 Å². The van der Waals surface area contributed by atoms with E-state index in [-0.39, 0.29) is 17.9 Å². The Morgan fingerprint density at radius 2 is 1.89 bits per heavy atom. The van der Waals surface area contributed by atoms with Gasteiger partial charge in [-0.05, 0) is 24.1 Å². The van der Waals surface area contributed by atoms with Crippen LogP contribution in [0.4, 0.5) is 0 Å². The van der Waals surface area contributed by atoms with Gasteiger partial charge < -0.3 is 5.11 Å². The second-order valence-corrected chi connectivity index (χ2v) is 4.17. The van der Waals surface area contributed by atoms with Crippen LogP contribution in [-0.4, -0.2) is 11.0 Å². The van der Waals surface area contributed by atoms with Crippen LogP contribution >= 0.6 is 0 Å². The molecule has 4 heteroatoms. The highest BCUT2D eigenvalue weighted by molar-refractivity contribution is 5.97. The number of aromatic hydroxyl groups is 1. The average Bonchev–Trinajstić information content (AvgIpc) is 2.40. The van der Waals surface area contributed by atoms with E-state index >= 15 is 0 Å². The minimum atomic E-state index is -0.452. The van der Waals surface area contributed by atoms with Gasteiger partial charge in [0.1, 0.15) is 5.75 Å². The van der Waals surface area contributed by atoms with Gasteiger partial charge >= 0.3 is 0 Å². The number of nitrogens with one attached hydrogen (secondary N) is 1. The first-order valence-corrected chi connectivity index (χ1v) is 5.93. The Labute approximate surface area is 111 Å². The molecule has 0 aliphatic heterocycles. The van der Waals surface area contributed by atoms with Crippen molar-refractivity contribution in [2.45, 2.75) is 13.5 Å². The monoisotopic (exact) mass is 257 g/mol. The lowest BCUT2D eigenvalue weighted by Gasteiger charge is -2.09. The number of aryl methyl sites for hydroxylation is 1. The highest BCUT2D eigenvalue weighted by atomic mass is 16.6. The summed E-state index contributed by atoms with van der Waals surface area (Å²) in [5, 5.41) is 9.66. The Balaban J connectivity index is 1.95. The Morgan fingerprint density at radius 1 is 1.16 bits per heavy atom. The number of phenols is 1. The van der Waals surface area contributed by atoms with E-state index in [1.807, 2.05) is 30.3 Å². The zero-order chi connectivity index (χ0) is 13.7. The van der Waals surface area contributed by atoms with Crippen LogP contribution in [0.5, 0.6) is 5.75 Å². The normalized spacial score (nSPS) is 10.2. The molecule has 0 saturated heterocycles. The van der Waals surface area contributed by atoms with Gasteiger partial charge in [0.25, 0.3) is 5.91 Å². The third-order valence-electron chi connectivity index (χ3n) is 2.72. The predicted molar refractivity (Wildman–Crippen MR) is 71.5 cm³/mol. The quantitative estimate of drug-likeness (QED) is 0.828. The van der Waals surface area contributed by atoms with Crippen LogP contribution in [0.1, 0.15) is 21.5 Å². The Bertz CT molecular complexity index is 547. The number of carbonyl (C=O) groups is 1. The molecule has 0 aromatic heterocycles. The SMILES string of the molecule is Cc1cccc(O)c1C(=O)NOCc1ccccc1. The number of hydrogen-bond donors (Lipinski definition) is 2. The molecule has 2 aromatic rings. The topological polar surface area (TPSA) is 58.6 Å². The molecule has 0 atom stereocenters. The van der Waals surface area contributed by atoms with Crippen molar-refractivity contribution >= 4 is 5.91 Å². The molecule has 1 amide bonds. The Morgan fingerprint density at radius 3 is 2.58 bits per heavy atom. The second-order valence-electron chi connectivity index (χ2n) is 4.17. The molecular formula is C15H15NO3. The molecule has 0 heterocycles. The van der Waals surface area contributed by atoms with Crippen molar-refractivity contribution < 1.29 is 14.7 Å². The number of benzene rings is 2. The Kier molecular flexibility index (Phi) is 4.15. The minimum Gasteiger partial charge on any atom is -0.507 e. The summed E-state index contributed by atoms with van der Waals surface area (Å²) in [6.07, 6.45) is 0. The zero-order valence-electron chi connectivity index (χ0n) is 10.6. The van der Waals surface area contributed by atoms with Gasteiger partial charge in [-0.3, -0.25) is 9.63 Å². The molecule has 0 bridgehead atoms. The maximum absolute atomic E-state index is 11.9. The van der Waals surface area contributed by atoms with Crippen molar-refractivity contribution in [3.05, 3.63) is 65.2 Å². The molecule has 0 aliphatic rings. The first-order chi connectivity index (χ1) is 9.18. The molecule has 2 aromatic carbocycles. The summed E-state index contributed by atoms with van der Waals surface area (Å²) in [7, 11) is 0. The number of carbonyl (C=O) groups excluding carboxylic acids is 1. The lowest BCUT2D eigenvalue weighted by molar-refractivity contribution is 0.0231. The van der Waals surface area contributed by atoms with Gasteiger partial charge in [-0.1, -0.05) is 42.5 Å². The van der Waals surface area contributed by atoms with Gasteiger partial charge in [-0.15, -0.1) is 0 Å². The molecule has 0 aliphatic carbocycles. The average molecular weight is 257 g/mol. The summed E-state index contributed by atoms with van der Waals surface area (Å²) in [5.74, 6) is -0.507. The standard InChI is InChI=1S/C15H15NO3/c1-11-6-5-9-13(17)14(11)15(18)16-19-10-12-7-3-2-4-8-12/h2-9,17H,10H2,1H3,(H,16,18). The molecule has 19 heavy (non-hydrogen) atoms. The summed E-state index contributed by atoms with van der Waals surface area (Å²) in [6.45, 7) is 2.03. The lowest BCUT2D eigenvalue weighted by atomic mass is 10.1. The smallest absolute Gasteiger partial charge is 0.278 e. The Hall–Kier alpha value is -2.33. The van der Waals surface area contributed by atoms with E-state index in [2.05, 4.69) is 5.48 Å². The van der Waals surface area contributed by atoms with Crippen molar-refractivity contribution in [2.75, 3.05) is 0 Å². The van der Waals surface area contributed by atoms with Crippen LogP contribution < -0.4 is 5.48 Å². The maximum atomic E-state index is 11.9. The number of rotatable bonds is 4. The van der Waals surface area contributed by atoms with Crippen LogP contribution in [0.2, 0.25) is 0 Å². The molecule has 98 valence electrons. The summed E-state index contributed by atoms with van der Waals surface area (Å²) in [4.78, 5) is 17.0. The van der Waals surface area contributed by atoms with Crippen molar-refractivity contribution in [3.63, 3.8) is 0 Å². The van der Waals surface area contributed by atoms with E-state index in [9.17, 15) is 9.90 Å². The number of hydrogen-bond acceptors (Lipinski definition) is 3. The van der Waals surface area contributed by atoms with Gasteiger partial charge in [0.2, 0.25) is 0 Å². The fraction of sp³-hybridized carbons (Fsp3) is 0.133. The number of hydroxylamine groups is 1. The number of amides is 1. The van der Waals surface area contributed by atoms with Crippen molar-refractivity contribution in [1.82, 2.24) is 5.48 Å². The third kappa shape index (κ3) is 3.33. The third-order valence-corrected chi connectivity index (χ3v) is 2.72. The highest BCUT2D eigenvalue weighted by Gasteiger charge is 2.13. The molecular weight excluding hydrogens is 242 g/mol. The lowest BCUT2D eigenvalue weighted by Crippen LogP contribution is -2.24. The van der Waals surface area contributed by atoms with Crippen molar-refractivity contribution in [2.24, 2.45) is 0 Å². The van der Waals surface area contributed by atoms with Gasteiger partial charge in [-0.2, -0.15) is 0 Å². The van der Waals surface area contributed by atoms with Gasteiger partial charge in [0, 0.05) is 0 Å². The van der Waals surface area contributed by atoms with Crippen LogP contribution in [0, 0.1) is 6.92 Å². The van der Waals surface area contributed by atoms with E-state index in [0.29, 0.717) is 5.56 Å². The van der Waals surface area contributed by atoms with Gasteiger partial charge in [0.05, 0.1) is 12.2 Å². The van der Waals surface area contributed by atoms with Gasteiger partial charge in [-0.25, -0.2) is 5.48 Å². The highest BCUT2D eigenvalue weighted by Crippen LogP contribution is 2.19. The predicted octanol–water partition coefficient (Wildman–Crippen LogP) is 2.56. The van der Waals surface area contributed by atoms with E-state index in [4.69, 9.17) is 4.84 Å². The van der Waals surface area contributed by atoms with Crippen molar-refractivity contribution in [3.8, 4) is 5.75 Å². The van der Waals surface area contributed by atoms with E-state index in [0.717, 1.165) is 5.56 Å². The van der Waals surface area contributed by atoms with Crippen LogP contribution in [-0.2, 0) is 11.4 Å². The summed E-state index contributed by atoms with van der Waals surface area (Å²) in [5.41, 5.74) is 4.21. The minimum absolute atomic E-state index is 0.0548. The second kappa shape index (κ2) is 6.02. The largest absolute Gasteiger partial charge is 0.507 e. The molecule has 2 N–H and O–H groups in total. The van der Waals surface area contributed by atoms with E-state index < -0.39 is 5.91 Å². The zero-order valence-corrected chi connectivity index (χ0v) is 10.6. The van der Waals surface area contributed by atoms with E-state index in [1.54, 1.807) is 19.1 Å². The fourth-order valence-corrected chi connectivity index (χ4v) is 1.76. The molecule has 2 rings (SSSR count). The summed E-state index contributed by atoms with van der Waals surface area (Å²) in [6, 6.07) is 14.4. The van der Waals surface area contributed by atoms with Crippen molar-refractivity contribution in [1.29, 1.82) is 0 Å². The summed E-state index contributed by atoms with van der Waals surface area (Å²) < 4.78 is 0. The fourth-order valence-electron chi connectivity index (χ4n) is 1.76. The summed E-state index contributed by atoms with van der Waals surface area (Å²) >= 11 is 0. The van der Waals surface area contributed by atoms with E-state index in [1.165, 1.54) is 6.07 Å². The molecule has 0 fully saturated rings. The molecule has 0 radical (unpaired) electrons. The van der Waals surface area contributed by atoms with Crippen LogP contribution in [0.25, 0.3) is 0 Å². The number of phenolic OH excluding ortho intramolecular Hbond substituents is 1. The molecule has 4 nitrogen and oxygen atoms in total. The maximum Gasteiger partial charge on any atom is 0.278 e. The first-order valence-electron chi connectivity index (χ1n) is 5.93. The molecule has 0 saturated carbocycles. The van der Waals surface area contributed by atoms with Gasteiger partial charge in [0.15, 0.2) is 0 Å². The van der Waals surface area contributed by atoms with Crippen LogP contribution in [0.15, 0.2) is 48.5 Å². The molecule has 0 unspecified atom stereocenters. The molecule has 0 spiro atoms.